The zero-order valence-corrected chi connectivity index (χ0v) is 12.4. The van der Waals surface area contributed by atoms with Crippen LogP contribution in [0.25, 0.3) is 0 Å². The van der Waals surface area contributed by atoms with E-state index in [0.717, 1.165) is 5.56 Å². The molecule has 0 saturated carbocycles. The molecule has 0 aliphatic heterocycles. The Morgan fingerprint density at radius 1 is 1.26 bits per heavy atom. The van der Waals surface area contributed by atoms with Crippen molar-refractivity contribution in [1.29, 1.82) is 0 Å². The molecule has 23 heavy (non-hydrogen) atoms. The van der Waals surface area contributed by atoms with Gasteiger partial charge in [0.25, 0.3) is 5.91 Å². The number of carbonyl (C=O) groups excluding carboxylic acids is 1. The van der Waals surface area contributed by atoms with Gasteiger partial charge in [-0.3, -0.25) is 9.48 Å². The lowest BCUT2D eigenvalue weighted by molar-refractivity contribution is 0.0907. The normalized spacial score (nSPS) is 12.0. The second kappa shape index (κ2) is 6.93. The molecule has 1 unspecified atom stereocenters. The first kappa shape index (κ1) is 15.1. The highest BCUT2D eigenvalue weighted by atomic mass is 16.3. The first-order valence-corrected chi connectivity index (χ1v) is 7.28. The monoisotopic (exact) mass is 311 g/mol. The Labute approximate surface area is 133 Å². The maximum absolute atomic E-state index is 12.3. The van der Waals surface area contributed by atoms with Crippen LogP contribution in [0, 0.1) is 0 Å². The van der Waals surface area contributed by atoms with Crippen molar-refractivity contribution in [1.82, 2.24) is 15.1 Å². The van der Waals surface area contributed by atoms with E-state index in [9.17, 15) is 9.90 Å². The highest BCUT2D eigenvalue weighted by Gasteiger charge is 2.17. The molecule has 2 N–H and O–H groups in total. The maximum Gasteiger partial charge on any atom is 0.251 e. The van der Waals surface area contributed by atoms with Crippen molar-refractivity contribution in [3.8, 4) is 0 Å². The van der Waals surface area contributed by atoms with Gasteiger partial charge in [-0.1, -0.05) is 12.1 Å². The predicted molar refractivity (Wildman–Crippen MR) is 83.8 cm³/mol. The molecule has 0 fully saturated rings. The summed E-state index contributed by atoms with van der Waals surface area (Å²) in [6.07, 6.45) is 5.12. The molecule has 0 spiro atoms. The lowest BCUT2D eigenvalue weighted by atomic mass is 10.1. The molecule has 6 nitrogen and oxygen atoms in total. The van der Waals surface area contributed by atoms with E-state index in [2.05, 4.69) is 10.4 Å². The van der Waals surface area contributed by atoms with E-state index >= 15 is 0 Å². The van der Waals surface area contributed by atoms with Crippen molar-refractivity contribution in [2.45, 2.75) is 12.6 Å². The average molecular weight is 311 g/mol. The Hall–Kier alpha value is -2.86. The van der Waals surface area contributed by atoms with Crippen LogP contribution in [0.4, 0.5) is 0 Å². The molecule has 2 aromatic heterocycles. The first-order chi connectivity index (χ1) is 11.3. The molecule has 6 heteroatoms. The number of hydrogen-bond donors (Lipinski definition) is 2. The van der Waals surface area contributed by atoms with Crippen molar-refractivity contribution in [2.75, 3.05) is 6.61 Å². The first-order valence-electron chi connectivity index (χ1n) is 7.28. The minimum Gasteiger partial charge on any atom is -0.467 e. The van der Waals surface area contributed by atoms with Crippen LogP contribution < -0.4 is 5.32 Å². The topological polar surface area (TPSA) is 80.3 Å². The minimum absolute atomic E-state index is 0.226. The van der Waals surface area contributed by atoms with Gasteiger partial charge in [-0.15, -0.1) is 0 Å². The molecule has 0 radical (unpaired) electrons. The molecule has 3 rings (SSSR count). The van der Waals surface area contributed by atoms with Crippen molar-refractivity contribution in [2.24, 2.45) is 0 Å². The van der Waals surface area contributed by atoms with Crippen molar-refractivity contribution in [3.63, 3.8) is 0 Å². The van der Waals surface area contributed by atoms with Gasteiger partial charge in [-0.2, -0.15) is 5.10 Å². The van der Waals surface area contributed by atoms with Crippen molar-refractivity contribution >= 4 is 5.91 Å². The minimum atomic E-state index is -0.554. The summed E-state index contributed by atoms with van der Waals surface area (Å²) in [6, 6.07) is 12.0. The quantitative estimate of drug-likeness (QED) is 0.729. The number of benzene rings is 1. The summed E-state index contributed by atoms with van der Waals surface area (Å²) in [5, 5.41) is 16.3. The molecular weight excluding hydrogens is 294 g/mol. The average Bonchev–Trinajstić information content (AvgIpc) is 3.26. The highest BCUT2D eigenvalue weighted by Crippen LogP contribution is 2.14. The molecule has 1 atom stereocenters. The largest absolute Gasteiger partial charge is 0.467 e. The Morgan fingerprint density at radius 2 is 2.09 bits per heavy atom. The van der Waals surface area contributed by atoms with Gasteiger partial charge in [0.2, 0.25) is 0 Å². The molecule has 1 aromatic carbocycles. The van der Waals surface area contributed by atoms with Crippen LogP contribution in [0.5, 0.6) is 0 Å². The summed E-state index contributed by atoms with van der Waals surface area (Å²) in [4.78, 5) is 12.3. The summed E-state index contributed by atoms with van der Waals surface area (Å²) < 4.78 is 7.03. The number of aliphatic hydroxyl groups excluding tert-OH is 1. The third-order valence-corrected chi connectivity index (χ3v) is 3.49. The Bertz CT molecular complexity index is 734. The van der Waals surface area contributed by atoms with Gasteiger partial charge in [-0.25, -0.2) is 0 Å². The summed E-state index contributed by atoms with van der Waals surface area (Å²) in [6.45, 7) is 0.428. The Balaban J connectivity index is 1.65. The number of furan rings is 1. The summed E-state index contributed by atoms with van der Waals surface area (Å²) in [5.41, 5.74) is 1.58. The third kappa shape index (κ3) is 3.67. The van der Waals surface area contributed by atoms with Crippen LogP contribution in [0.3, 0.4) is 0 Å². The van der Waals surface area contributed by atoms with Gasteiger partial charge in [0.05, 0.1) is 19.4 Å². The lowest BCUT2D eigenvalue weighted by Gasteiger charge is -2.14. The second-order valence-corrected chi connectivity index (χ2v) is 5.12. The zero-order chi connectivity index (χ0) is 16.1. The molecule has 3 aromatic rings. The number of nitrogens with one attached hydrogen (secondary N) is 1. The molecule has 1 amide bonds. The van der Waals surface area contributed by atoms with E-state index in [1.54, 1.807) is 30.5 Å². The fraction of sp³-hybridized carbons (Fsp3) is 0.176. The number of aliphatic hydroxyl groups is 1. The van der Waals surface area contributed by atoms with Gasteiger partial charge in [-0.05, 0) is 35.9 Å². The predicted octanol–water partition coefficient (Wildman–Crippen LogP) is 1.99. The van der Waals surface area contributed by atoms with Crippen LogP contribution in [0.2, 0.25) is 0 Å². The van der Waals surface area contributed by atoms with Crippen molar-refractivity contribution < 1.29 is 14.3 Å². The summed E-state index contributed by atoms with van der Waals surface area (Å²) in [5.74, 6) is 0.266. The van der Waals surface area contributed by atoms with Crippen molar-refractivity contribution in [3.05, 3.63) is 78.0 Å². The number of rotatable bonds is 6. The molecule has 2 heterocycles. The molecule has 118 valence electrons. The second-order valence-electron chi connectivity index (χ2n) is 5.12. The van der Waals surface area contributed by atoms with Crippen LogP contribution in [0.1, 0.15) is 27.7 Å². The van der Waals surface area contributed by atoms with E-state index in [0.29, 0.717) is 17.9 Å². The van der Waals surface area contributed by atoms with Gasteiger partial charge >= 0.3 is 0 Å². The van der Waals surface area contributed by atoms with Gasteiger partial charge in [0, 0.05) is 18.0 Å². The lowest BCUT2D eigenvalue weighted by Crippen LogP contribution is -2.30. The molecule has 0 bridgehead atoms. The fourth-order valence-corrected chi connectivity index (χ4v) is 2.28. The Morgan fingerprint density at radius 3 is 2.70 bits per heavy atom. The highest BCUT2D eigenvalue weighted by molar-refractivity contribution is 5.94. The number of nitrogens with zero attached hydrogens (tertiary/aromatic N) is 2. The van der Waals surface area contributed by atoms with E-state index in [4.69, 9.17) is 4.42 Å². The number of carbonyl (C=O) groups is 1. The van der Waals surface area contributed by atoms with Gasteiger partial charge in [0.1, 0.15) is 11.8 Å². The number of amides is 1. The molecule has 0 aliphatic rings. The van der Waals surface area contributed by atoms with E-state index in [1.165, 1.54) is 6.26 Å². The van der Waals surface area contributed by atoms with Gasteiger partial charge in [0.15, 0.2) is 0 Å². The standard InChI is InChI=1S/C17H17N3O3/c21-12-15(16-3-1-10-23-16)19-17(22)14-6-4-13(5-7-14)11-20-9-2-8-18-20/h1-10,15,21H,11-12H2,(H,19,22). The summed E-state index contributed by atoms with van der Waals surface area (Å²) in [7, 11) is 0. The zero-order valence-electron chi connectivity index (χ0n) is 12.4. The van der Waals surface area contributed by atoms with Crippen LogP contribution in [-0.4, -0.2) is 27.4 Å². The summed E-state index contributed by atoms with van der Waals surface area (Å²) >= 11 is 0. The van der Waals surface area contributed by atoms with Crippen LogP contribution >= 0.6 is 0 Å². The van der Waals surface area contributed by atoms with Gasteiger partial charge < -0.3 is 14.8 Å². The molecule has 0 aliphatic carbocycles. The smallest absolute Gasteiger partial charge is 0.251 e. The molecule has 0 saturated heterocycles. The number of aromatic nitrogens is 2. The number of hydrogen-bond acceptors (Lipinski definition) is 4. The fourth-order valence-electron chi connectivity index (χ4n) is 2.28. The molecular formula is C17H17N3O3. The Kier molecular flexibility index (Phi) is 4.54. The van der Waals surface area contributed by atoms with Crippen LogP contribution in [-0.2, 0) is 6.54 Å². The van der Waals surface area contributed by atoms with Crippen LogP contribution in [0.15, 0.2) is 65.5 Å². The van der Waals surface area contributed by atoms with E-state index in [1.807, 2.05) is 29.1 Å². The maximum atomic E-state index is 12.3. The van der Waals surface area contributed by atoms with E-state index in [-0.39, 0.29) is 12.5 Å². The third-order valence-electron chi connectivity index (χ3n) is 3.49. The SMILES string of the molecule is O=C(NC(CO)c1ccco1)c1ccc(Cn2cccn2)cc1. The van der Waals surface area contributed by atoms with E-state index < -0.39 is 6.04 Å².